The zero-order valence-electron chi connectivity index (χ0n) is 14.3. The Morgan fingerprint density at radius 3 is 2.67 bits per heavy atom. The Balaban J connectivity index is 1.77. The van der Waals surface area contributed by atoms with Crippen LogP contribution in [0.4, 0.5) is 10.5 Å². The third-order valence-electron chi connectivity index (χ3n) is 4.24. The summed E-state index contributed by atoms with van der Waals surface area (Å²) in [6.45, 7) is 7.49. The van der Waals surface area contributed by atoms with Crippen LogP contribution in [0.3, 0.4) is 0 Å². The molecule has 1 unspecified atom stereocenters. The summed E-state index contributed by atoms with van der Waals surface area (Å²) in [5.74, 6) is 0.136. The van der Waals surface area contributed by atoms with Crippen LogP contribution in [0.15, 0.2) is 18.2 Å². The largest absolute Gasteiger partial charge is 0.444 e. The number of anilines is 1. The Morgan fingerprint density at radius 2 is 2.04 bits per heavy atom. The maximum atomic E-state index is 12.3. The monoisotopic (exact) mass is 394 g/mol. The highest BCUT2D eigenvalue weighted by Crippen LogP contribution is 2.29. The molecule has 1 fully saturated rings. The Bertz CT molecular complexity index is 669. The van der Waals surface area contributed by atoms with Gasteiger partial charge in [-0.15, -0.1) is 0 Å². The number of ether oxygens (including phenoxy) is 1. The number of alkyl halides is 1. The SMILES string of the molecule is CC(C)(C)OC(=O)N1CCc2ccc(N3CC(Br)CC3=O)cc2C1. The van der Waals surface area contributed by atoms with E-state index in [2.05, 4.69) is 22.0 Å². The molecule has 2 aliphatic heterocycles. The van der Waals surface area contributed by atoms with Crippen LogP contribution in [0.5, 0.6) is 0 Å². The predicted octanol–water partition coefficient (Wildman–Crippen LogP) is 3.48. The van der Waals surface area contributed by atoms with Gasteiger partial charge in [0, 0.05) is 36.6 Å². The molecule has 3 rings (SSSR count). The zero-order chi connectivity index (χ0) is 17.5. The van der Waals surface area contributed by atoms with E-state index in [0.29, 0.717) is 26.1 Å². The second-order valence-electron chi connectivity index (χ2n) is 7.41. The molecule has 2 aliphatic rings. The summed E-state index contributed by atoms with van der Waals surface area (Å²) in [7, 11) is 0. The maximum absolute atomic E-state index is 12.3. The first-order valence-electron chi connectivity index (χ1n) is 8.27. The molecule has 2 amide bonds. The number of carbonyl (C=O) groups excluding carboxylic acids is 2. The average Bonchev–Trinajstić information content (AvgIpc) is 2.83. The molecule has 1 aromatic rings. The maximum Gasteiger partial charge on any atom is 0.410 e. The van der Waals surface area contributed by atoms with Crippen LogP contribution >= 0.6 is 15.9 Å². The van der Waals surface area contributed by atoms with Crippen LogP contribution in [-0.4, -0.2) is 40.4 Å². The van der Waals surface area contributed by atoms with E-state index in [1.165, 1.54) is 5.56 Å². The smallest absolute Gasteiger partial charge is 0.410 e. The van der Waals surface area contributed by atoms with Crippen molar-refractivity contribution < 1.29 is 14.3 Å². The standard InChI is InChI=1S/C18H23BrN2O3/c1-18(2,3)24-17(23)20-7-6-12-4-5-15(8-13(12)10-20)21-11-14(19)9-16(21)22/h4-5,8,14H,6-7,9-11H2,1-3H3. The lowest BCUT2D eigenvalue weighted by Gasteiger charge is -2.31. The van der Waals surface area contributed by atoms with Gasteiger partial charge < -0.3 is 14.5 Å². The van der Waals surface area contributed by atoms with Crippen LogP contribution < -0.4 is 4.90 Å². The first-order chi connectivity index (χ1) is 11.2. The van der Waals surface area contributed by atoms with Gasteiger partial charge >= 0.3 is 6.09 Å². The molecule has 130 valence electrons. The summed E-state index contributed by atoms with van der Waals surface area (Å²) in [5.41, 5.74) is 2.74. The Hall–Kier alpha value is -1.56. The lowest BCUT2D eigenvalue weighted by molar-refractivity contribution is -0.117. The molecule has 0 spiro atoms. The van der Waals surface area contributed by atoms with Gasteiger partial charge in [0.25, 0.3) is 0 Å². The van der Waals surface area contributed by atoms with Crippen molar-refractivity contribution in [3.05, 3.63) is 29.3 Å². The quantitative estimate of drug-likeness (QED) is 0.685. The second kappa shape index (κ2) is 6.39. The van der Waals surface area contributed by atoms with E-state index >= 15 is 0 Å². The van der Waals surface area contributed by atoms with Gasteiger partial charge in [-0.1, -0.05) is 22.0 Å². The minimum atomic E-state index is -0.494. The highest BCUT2D eigenvalue weighted by molar-refractivity contribution is 9.09. The summed E-state index contributed by atoms with van der Waals surface area (Å²) in [5, 5.41) is 0. The van der Waals surface area contributed by atoms with E-state index < -0.39 is 5.60 Å². The number of hydrogen-bond donors (Lipinski definition) is 0. The molecular formula is C18H23BrN2O3. The fourth-order valence-electron chi connectivity index (χ4n) is 3.11. The Morgan fingerprint density at radius 1 is 1.29 bits per heavy atom. The number of amides is 2. The first kappa shape index (κ1) is 17.3. The van der Waals surface area contributed by atoms with E-state index in [0.717, 1.165) is 17.7 Å². The lowest BCUT2D eigenvalue weighted by atomic mass is 9.99. The van der Waals surface area contributed by atoms with Crippen LogP contribution in [0.2, 0.25) is 0 Å². The van der Waals surface area contributed by atoms with Crippen LogP contribution in [0.25, 0.3) is 0 Å². The highest BCUT2D eigenvalue weighted by atomic mass is 79.9. The third-order valence-corrected chi connectivity index (χ3v) is 4.86. The van der Waals surface area contributed by atoms with Crippen LogP contribution in [-0.2, 0) is 22.5 Å². The number of carbonyl (C=O) groups is 2. The average molecular weight is 395 g/mol. The van der Waals surface area contributed by atoms with E-state index in [-0.39, 0.29) is 16.8 Å². The molecular weight excluding hydrogens is 372 g/mol. The van der Waals surface area contributed by atoms with Crippen molar-refractivity contribution in [2.45, 2.75) is 50.6 Å². The zero-order valence-corrected chi connectivity index (χ0v) is 15.9. The summed E-state index contributed by atoms with van der Waals surface area (Å²) in [4.78, 5) is 28.1. The fourth-order valence-corrected chi connectivity index (χ4v) is 3.67. The second-order valence-corrected chi connectivity index (χ2v) is 8.71. The lowest BCUT2D eigenvalue weighted by Crippen LogP contribution is -2.40. The molecule has 0 saturated carbocycles. The number of rotatable bonds is 1. The van der Waals surface area contributed by atoms with Crippen molar-refractivity contribution in [3.8, 4) is 0 Å². The van der Waals surface area contributed by atoms with Gasteiger partial charge in [0.05, 0.1) is 0 Å². The normalized spacial score (nSPS) is 21.0. The van der Waals surface area contributed by atoms with E-state index in [1.54, 1.807) is 4.90 Å². The third kappa shape index (κ3) is 3.74. The molecule has 0 aliphatic carbocycles. The molecule has 0 bridgehead atoms. The summed E-state index contributed by atoms with van der Waals surface area (Å²) in [6, 6.07) is 6.12. The number of benzene rings is 1. The van der Waals surface area contributed by atoms with Crippen molar-refractivity contribution in [1.82, 2.24) is 4.90 Å². The molecule has 0 aromatic heterocycles. The van der Waals surface area contributed by atoms with Crippen LogP contribution in [0, 0.1) is 0 Å². The highest BCUT2D eigenvalue weighted by Gasteiger charge is 2.30. The van der Waals surface area contributed by atoms with Crippen molar-refractivity contribution in [2.75, 3.05) is 18.0 Å². The molecule has 5 nitrogen and oxygen atoms in total. The van der Waals surface area contributed by atoms with Gasteiger partial charge in [0.2, 0.25) is 5.91 Å². The fraction of sp³-hybridized carbons (Fsp3) is 0.556. The molecule has 1 atom stereocenters. The number of halogens is 1. The van der Waals surface area contributed by atoms with Gasteiger partial charge in [-0.2, -0.15) is 0 Å². The minimum absolute atomic E-state index is 0.136. The van der Waals surface area contributed by atoms with Crippen molar-refractivity contribution in [1.29, 1.82) is 0 Å². The molecule has 1 aromatic carbocycles. The Labute approximate surface area is 151 Å². The molecule has 0 radical (unpaired) electrons. The van der Waals surface area contributed by atoms with Gasteiger partial charge in [0.15, 0.2) is 0 Å². The van der Waals surface area contributed by atoms with Crippen LogP contribution in [0.1, 0.15) is 38.3 Å². The minimum Gasteiger partial charge on any atom is -0.444 e. The Kier molecular flexibility index (Phi) is 4.60. The van der Waals surface area contributed by atoms with Gasteiger partial charge in [-0.05, 0) is 50.5 Å². The molecule has 2 heterocycles. The summed E-state index contributed by atoms with van der Waals surface area (Å²) in [6.07, 6.45) is 1.06. The van der Waals surface area contributed by atoms with Gasteiger partial charge in [-0.3, -0.25) is 4.79 Å². The molecule has 6 heteroatoms. The van der Waals surface area contributed by atoms with Crippen molar-refractivity contribution in [3.63, 3.8) is 0 Å². The molecule has 0 N–H and O–H groups in total. The molecule has 24 heavy (non-hydrogen) atoms. The predicted molar refractivity (Wildman–Crippen MR) is 96.5 cm³/mol. The van der Waals surface area contributed by atoms with Gasteiger partial charge in [-0.25, -0.2) is 4.79 Å². The number of fused-ring (bicyclic) bond motifs is 1. The number of nitrogens with zero attached hydrogens (tertiary/aromatic N) is 2. The first-order valence-corrected chi connectivity index (χ1v) is 9.19. The van der Waals surface area contributed by atoms with Crippen molar-refractivity contribution >= 4 is 33.6 Å². The van der Waals surface area contributed by atoms with E-state index in [4.69, 9.17) is 4.74 Å². The van der Waals surface area contributed by atoms with Gasteiger partial charge in [0.1, 0.15) is 5.60 Å². The van der Waals surface area contributed by atoms with Crippen molar-refractivity contribution in [2.24, 2.45) is 0 Å². The number of hydrogen-bond acceptors (Lipinski definition) is 3. The summed E-state index contributed by atoms with van der Waals surface area (Å²) >= 11 is 3.52. The van der Waals surface area contributed by atoms with E-state index in [1.807, 2.05) is 37.8 Å². The molecule has 1 saturated heterocycles. The topological polar surface area (TPSA) is 49.9 Å². The van der Waals surface area contributed by atoms with E-state index in [9.17, 15) is 9.59 Å². The summed E-state index contributed by atoms with van der Waals surface area (Å²) < 4.78 is 5.47.